The Labute approximate surface area is 156 Å². The van der Waals surface area contributed by atoms with Crippen molar-refractivity contribution in [1.82, 2.24) is 5.32 Å². The summed E-state index contributed by atoms with van der Waals surface area (Å²) in [6, 6.07) is 13.7. The van der Waals surface area contributed by atoms with E-state index in [-0.39, 0.29) is 11.3 Å². The van der Waals surface area contributed by atoms with Crippen LogP contribution in [-0.4, -0.2) is 19.0 Å². The summed E-state index contributed by atoms with van der Waals surface area (Å²) in [7, 11) is 1.30. The minimum absolute atomic E-state index is 0.0149. The highest BCUT2D eigenvalue weighted by atomic mass is 79.9. The van der Waals surface area contributed by atoms with Crippen LogP contribution in [0, 0.1) is 0 Å². The molecule has 0 aromatic heterocycles. The molecule has 0 fully saturated rings. The zero-order chi connectivity index (χ0) is 18.6. The molecule has 1 amide bonds. The van der Waals surface area contributed by atoms with Gasteiger partial charge in [0, 0.05) is 10.0 Å². The van der Waals surface area contributed by atoms with Crippen molar-refractivity contribution in [3.05, 3.63) is 69.7 Å². The second kappa shape index (κ2) is 7.83. The van der Waals surface area contributed by atoms with Crippen molar-refractivity contribution in [2.45, 2.75) is 32.2 Å². The predicted octanol–water partition coefficient (Wildman–Crippen LogP) is 4.39. The summed E-state index contributed by atoms with van der Waals surface area (Å²) < 4.78 is 5.72. The van der Waals surface area contributed by atoms with Crippen molar-refractivity contribution in [2.75, 3.05) is 7.11 Å². The number of halogens is 1. The zero-order valence-electron chi connectivity index (χ0n) is 14.8. The van der Waals surface area contributed by atoms with Crippen LogP contribution in [0.15, 0.2) is 53.0 Å². The smallest absolute Gasteiger partial charge is 0.333 e. The molecule has 0 saturated carbocycles. The van der Waals surface area contributed by atoms with Gasteiger partial charge >= 0.3 is 5.97 Å². The lowest BCUT2D eigenvalue weighted by Gasteiger charge is -2.20. The molecule has 0 aliphatic carbocycles. The Morgan fingerprint density at radius 3 is 2.04 bits per heavy atom. The molecule has 1 N–H and O–H groups in total. The predicted molar refractivity (Wildman–Crippen MR) is 102 cm³/mol. The van der Waals surface area contributed by atoms with E-state index in [9.17, 15) is 9.59 Å². The molecule has 0 radical (unpaired) electrons. The summed E-state index contributed by atoms with van der Waals surface area (Å²) in [5.74, 6) is -0.833. The van der Waals surface area contributed by atoms with Crippen molar-refractivity contribution in [3.8, 4) is 0 Å². The molecule has 0 saturated heterocycles. The quantitative estimate of drug-likeness (QED) is 0.769. The van der Waals surface area contributed by atoms with Gasteiger partial charge in [-0.3, -0.25) is 4.79 Å². The number of methoxy groups -OCH3 is 1. The van der Waals surface area contributed by atoms with Gasteiger partial charge in [-0.25, -0.2) is 4.79 Å². The highest BCUT2D eigenvalue weighted by molar-refractivity contribution is 9.10. The van der Waals surface area contributed by atoms with Crippen LogP contribution in [0.1, 0.15) is 48.3 Å². The second-order valence-electron chi connectivity index (χ2n) is 6.81. The Morgan fingerprint density at radius 2 is 1.56 bits per heavy atom. The van der Waals surface area contributed by atoms with Gasteiger partial charge in [0.1, 0.15) is 0 Å². The molecule has 2 aromatic rings. The van der Waals surface area contributed by atoms with Gasteiger partial charge in [-0.1, -0.05) is 61.0 Å². The Morgan fingerprint density at radius 1 is 1.00 bits per heavy atom. The van der Waals surface area contributed by atoms with Gasteiger partial charge in [0.15, 0.2) is 6.04 Å². The lowest BCUT2D eigenvalue weighted by molar-refractivity contribution is -0.143. The lowest BCUT2D eigenvalue weighted by Crippen LogP contribution is -2.34. The van der Waals surface area contributed by atoms with Gasteiger partial charge < -0.3 is 10.1 Å². The van der Waals surface area contributed by atoms with E-state index in [0.717, 1.165) is 10.0 Å². The summed E-state index contributed by atoms with van der Waals surface area (Å²) in [4.78, 5) is 24.6. The summed E-state index contributed by atoms with van der Waals surface area (Å²) in [6.07, 6.45) is 0. The molecule has 0 aliphatic rings. The van der Waals surface area contributed by atoms with Crippen LogP contribution < -0.4 is 5.32 Å². The first kappa shape index (κ1) is 19.2. The van der Waals surface area contributed by atoms with Crippen molar-refractivity contribution >= 4 is 27.8 Å². The van der Waals surface area contributed by atoms with Gasteiger partial charge in [0.2, 0.25) is 0 Å². The monoisotopic (exact) mass is 403 g/mol. The first-order chi connectivity index (χ1) is 11.7. The highest BCUT2D eigenvalue weighted by Crippen LogP contribution is 2.23. The number of nitrogens with one attached hydrogen (secondary N) is 1. The molecular formula is C20H22BrNO3. The number of carbonyl (C=O) groups excluding carboxylic acids is 2. The van der Waals surface area contributed by atoms with E-state index in [1.54, 1.807) is 24.3 Å². The fraction of sp³-hybridized carbons (Fsp3) is 0.300. The number of hydrogen-bond donors (Lipinski definition) is 1. The molecule has 0 heterocycles. The van der Waals surface area contributed by atoms with Crippen LogP contribution in [0.2, 0.25) is 0 Å². The minimum atomic E-state index is -0.854. The fourth-order valence-electron chi connectivity index (χ4n) is 2.39. The number of rotatable bonds is 4. The number of esters is 1. The van der Waals surface area contributed by atoms with Crippen molar-refractivity contribution in [1.29, 1.82) is 0 Å². The van der Waals surface area contributed by atoms with E-state index in [2.05, 4.69) is 42.0 Å². The number of amides is 1. The molecule has 25 heavy (non-hydrogen) atoms. The average Bonchev–Trinajstić information content (AvgIpc) is 2.59. The van der Waals surface area contributed by atoms with E-state index in [1.807, 2.05) is 24.3 Å². The molecule has 5 heteroatoms. The molecule has 0 bridgehead atoms. The average molecular weight is 404 g/mol. The lowest BCUT2D eigenvalue weighted by atomic mass is 9.86. The minimum Gasteiger partial charge on any atom is -0.467 e. The first-order valence-electron chi connectivity index (χ1n) is 7.97. The van der Waals surface area contributed by atoms with Crippen LogP contribution in [0.5, 0.6) is 0 Å². The van der Waals surface area contributed by atoms with E-state index in [1.165, 1.54) is 7.11 Å². The maximum absolute atomic E-state index is 12.5. The van der Waals surface area contributed by atoms with Crippen LogP contribution in [0.4, 0.5) is 0 Å². The molecule has 2 rings (SSSR count). The topological polar surface area (TPSA) is 55.4 Å². The van der Waals surface area contributed by atoms with Crippen LogP contribution in [0.25, 0.3) is 0 Å². The molecule has 1 unspecified atom stereocenters. The normalized spacial score (nSPS) is 12.4. The van der Waals surface area contributed by atoms with Crippen molar-refractivity contribution in [2.24, 2.45) is 0 Å². The van der Waals surface area contributed by atoms with E-state index >= 15 is 0 Å². The highest BCUT2D eigenvalue weighted by Gasteiger charge is 2.24. The Bertz CT molecular complexity index is 746. The molecule has 1 atom stereocenters. The molecular weight excluding hydrogens is 382 g/mol. The van der Waals surface area contributed by atoms with E-state index in [0.29, 0.717) is 11.1 Å². The van der Waals surface area contributed by atoms with Crippen molar-refractivity contribution in [3.63, 3.8) is 0 Å². The number of benzene rings is 2. The summed E-state index contributed by atoms with van der Waals surface area (Å²) in [5, 5.41) is 2.75. The van der Waals surface area contributed by atoms with Gasteiger partial charge in [-0.05, 0) is 40.8 Å². The largest absolute Gasteiger partial charge is 0.467 e. The molecule has 4 nitrogen and oxygen atoms in total. The maximum Gasteiger partial charge on any atom is 0.333 e. The first-order valence-corrected chi connectivity index (χ1v) is 8.76. The SMILES string of the molecule is COC(=O)C(NC(=O)c1ccc(C(C)(C)C)cc1)c1ccc(Br)cc1. The van der Waals surface area contributed by atoms with Crippen LogP contribution >= 0.6 is 15.9 Å². The van der Waals surface area contributed by atoms with Crippen LogP contribution in [-0.2, 0) is 14.9 Å². The van der Waals surface area contributed by atoms with Gasteiger partial charge in [0.25, 0.3) is 5.91 Å². The molecule has 0 spiro atoms. The molecule has 132 valence electrons. The maximum atomic E-state index is 12.5. The third kappa shape index (κ3) is 4.92. The number of hydrogen-bond acceptors (Lipinski definition) is 3. The Balaban J connectivity index is 2.22. The third-order valence-electron chi connectivity index (χ3n) is 3.93. The summed E-state index contributed by atoms with van der Waals surface area (Å²) in [5.41, 5.74) is 2.32. The van der Waals surface area contributed by atoms with Crippen LogP contribution in [0.3, 0.4) is 0 Å². The van der Waals surface area contributed by atoms with Gasteiger partial charge in [-0.2, -0.15) is 0 Å². The van der Waals surface area contributed by atoms with Gasteiger partial charge in [0.05, 0.1) is 7.11 Å². The summed E-state index contributed by atoms with van der Waals surface area (Å²) in [6.45, 7) is 6.34. The standard InChI is InChI=1S/C20H22BrNO3/c1-20(2,3)15-9-5-14(6-10-15)18(23)22-17(19(24)25-4)13-7-11-16(21)12-8-13/h5-12,17H,1-4H3,(H,22,23). The molecule has 0 aliphatic heterocycles. The van der Waals surface area contributed by atoms with Crippen molar-refractivity contribution < 1.29 is 14.3 Å². The Kier molecular flexibility index (Phi) is 6.01. The number of carbonyl (C=O) groups is 2. The van der Waals surface area contributed by atoms with Gasteiger partial charge in [-0.15, -0.1) is 0 Å². The van der Waals surface area contributed by atoms with E-state index < -0.39 is 12.0 Å². The summed E-state index contributed by atoms with van der Waals surface area (Å²) >= 11 is 3.36. The zero-order valence-corrected chi connectivity index (χ0v) is 16.4. The second-order valence-corrected chi connectivity index (χ2v) is 7.72. The number of ether oxygens (including phenoxy) is 1. The third-order valence-corrected chi connectivity index (χ3v) is 4.46. The molecule has 2 aromatic carbocycles. The Hall–Kier alpha value is -2.14. The van der Waals surface area contributed by atoms with E-state index in [4.69, 9.17) is 4.74 Å². The fourth-order valence-corrected chi connectivity index (χ4v) is 2.65.